The Bertz CT molecular complexity index is 385. The number of nitrogens with two attached hydrogens (primary N) is 1. The average molecular weight is 247 g/mol. The van der Waals surface area contributed by atoms with Gasteiger partial charge in [0.05, 0.1) is 12.9 Å². The fraction of sp³-hybridized carbons (Fsp3) is 0.300. The summed E-state index contributed by atoms with van der Waals surface area (Å²) >= 11 is 1.01. The van der Waals surface area contributed by atoms with E-state index in [1.54, 1.807) is 0 Å². The molecule has 16 heavy (non-hydrogen) atoms. The Labute approximate surface area is 96.0 Å². The molecule has 0 bridgehead atoms. The third kappa shape index (κ3) is 3.37. The number of ether oxygens (including phenoxy) is 1. The number of thioether (sulfide) groups is 1. The number of nitrogen functional groups attached to an aromatic ring is 1. The van der Waals surface area contributed by atoms with E-state index in [-0.39, 0.29) is 17.0 Å². The van der Waals surface area contributed by atoms with Crippen LogP contribution in [0.5, 0.6) is 0 Å². The SMILES string of the molecule is COC(=O)CSc1ccc(N)cc1C(F)F. The van der Waals surface area contributed by atoms with Crippen molar-refractivity contribution in [3.8, 4) is 0 Å². The zero-order valence-electron chi connectivity index (χ0n) is 8.57. The Hall–Kier alpha value is -1.30. The first-order valence-corrected chi connectivity index (χ1v) is 5.40. The maximum absolute atomic E-state index is 12.6. The minimum atomic E-state index is -2.61. The van der Waals surface area contributed by atoms with Crippen LogP contribution in [0.4, 0.5) is 14.5 Å². The summed E-state index contributed by atoms with van der Waals surface area (Å²) in [6, 6.07) is 4.21. The number of anilines is 1. The molecule has 88 valence electrons. The van der Waals surface area contributed by atoms with Gasteiger partial charge in [0.2, 0.25) is 0 Å². The number of hydrogen-bond acceptors (Lipinski definition) is 4. The normalized spacial score (nSPS) is 10.5. The van der Waals surface area contributed by atoms with E-state index in [0.29, 0.717) is 4.90 Å². The van der Waals surface area contributed by atoms with E-state index in [4.69, 9.17) is 5.73 Å². The van der Waals surface area contributed by atoms with Gasteiger partial charge in [-0.25, -0.2) is 8.78 Å². The van der Waals surface area contributed by atoms with Gasteiger partial charge in [-0.15, -0.1) is 11.8 Å². The molecule has 0 heterocycles. The lowest BCUT2D eigenvalue weighted by molar-refractivity contribution is -0.137. The van der Waals surface area contributed by atoms with Gasteiger partial charge >= 0.3 is 5.97 Å². The largest absolute Gasteiger partial charge is 0.468 e. The highest BCUT2D eigenvalue weighted by Gasteiger charge is 2.14. The summed E-state index contributed by atoms with van der Waals surface area (Å²) in [4.78, 5) is 11.2. The van der Waals surface area contributed by atoms with Gasteiger partial charge in [0.25, 0.3) is 6.43 Å². The van der Waals surface area contributed by atoms with E-state index >= 15 is 0 Å². The van der Waals surface area contributed by atoms with Crippen LogP contribution >= 0.6 is 11.8 Å². The smallest absolute Gasteiger partial charge is 0.315 e. The summed E-state index contributed by atoms with van der Waals surface area (Å²) in [7, 11) is 1.25. The number of hydrogen-bond donors (Lipinski definition) is 1. The average Bonchev–Trinajstić information content (AvgIpc) is 2.26. The Morgan fingerprint density at radius 1 is 1.56 bits per heavy atom. The maximum atomic E-state index is 12.6. The summed E-state index contributed by atoms with van der Waals surface area (Å²) in [5.74, 6) is -0.456. The molecule has 0 saturated heterocycles. The Morgan fingerprint density at radius 3 is 2.81 bits per heavy atom. The van der Waals surface area contributed by atoms with E-state index in [1.807, 2.05) is 0 Å². The lowest BCUT2D eigenvalue weighted by Crippen LogP contribution is -2.03. The van der Waals surface area contributed by atoms with Crippen molar-refractivity contribution in [1.29, 1.82) is 0 Å². The first kappa shape index (κ1) is 12.8. The van der Waals surface area contributed by atoms with Gasteiger partial charge in [-0.3, -0.25) is 4.79 Å². The van der Waals surface area contributed by atoms with Crippen molar-refractivity contribution in [2.24, 2.45) is 0 Å². The predicted octanol–water partition coefficient (Wildman–Crippen LogP) is 2.47. The van der Waals surface area contributed by atoms with Gasteiger partial charge in [0.1, 0.15) is 0 Å². The quantitative estimate of drug-likeness (QED) is 0.504. The molecular formula is C10H11F2NO2S. The first-order chi connectivity index (χ1) is 7.54. The second-order valence-corrected chi connectivity index (χ2v) is 3.98. The van der Waals surface area contributed by atoms with Crippen molar-refractivity contribution in [1.82, 2.24) is 0 Å². The molecule has 0 unspecified atom stereocenters. The summed E-state index contributed by atoms with van der Waals surface area (Å²) in [5, 5.41) is 0. The van der Waals surface area contributed by atoms with Crippen LogP contribution in [-0.2, 0) is 9.53 Å². The molecule has 0 atom stereocenters. The molecule has 0 fully saturated rings. The van der Waals surface area contributed by atoms with E-state index in [0.717, 1.165) is 11.8 Å². The summed E-state index contributed by atoms with van der Waals surface area (Å²) in [6.45, 7) is 0. The number of rotatable bonds is 4. The molecule has 3 nitrogen and oxygen atoms in total. The van der Waals surface area contributed by atoms with Gasteiger partial charge in [0, 0.05) is 16.1 Å². The van der Waals surface area contributed by atoms with E-state index < -0.39 is 12.4 Å². The Kier molecular flexibility index (Phi) is 4.54. The monoisotopic (exact) mass is 247 g/mol. The molecule has 0 aliphatic heterocycles. The number of esters is 1. The molecule has 0 spiro atoms. The molecule has 6 heteroatoms. The maximum Gasteiger partial charge on any atom is 0.315 e. The molecule has 0 amide bonds. The van der Waals surface area contributed by atoms with Crippen LogP contribution in [0.3, 0.4) is 0 Å². The third-order valence-corrected chi connectivity index (χ3v) is 2.90. The molecule has 1 rings (SSSR count). The van der Waals surface area contributed by atoms with Crippen molar-refractivity contribution in [2.75, 3.05) is 18.6 Å². The van der Waals surface area contributed by atoms with Crippen LogP contribution in [0, 0.1) is 0 Å². The van der Waals surface area contributed by atoms with Crippen molar-refractivity contribution < 1.29 is 18.3 Å². The van der Waals surface area contributed by atoms with Crippen molar-refractivity contribution >= 4 is 23.4 Å². The van der Waals surface area contributed by atoms with Gasteiger partial charge in [-0.2, -0.15) is 0 Å². The highest BCUT2D eigenvalue weighted by atomic mass is 32.2. The minimum absolute atomic E-state index is 0.000137. The van der Waals surface area contributed by atoms with Crippen molar-refractivity contribution in [3.05, 3.63) is 23.8 Å². The molecule has 0 aliphatic rings. The molecule has 1 aromatic rings. The second-order valence-electron chi connectivity index (χ2n) is 2.96. The van der Waals surface area contributed by atoms with Crippen LogP contribution < -0.4 is 5.73 Å². The van der Waals surface area contributed by atoms with Gasteiger partial charge in [0.15, 0.2) is 0 Å². The predicted molar refractivity (Wildman–Crippen MR) is 58.6 cm³/mol. The van der Waals surface area contributed by atoms with Crippen molar-refractivity contribution in [2.45, 2.75) is 11.3 Å². The third-order valence-electron chi connectivity index (χ3n) is 1.84. The molecular weight excluding hydrogens is 236 g/mol. The molecule has 0 aromatic heterocycles. The van der Waals surface area contributed by atoms with Crippen LogP contribution in [0.2, 0.25) is 0 Å². The Morgan fingerprint density at radius 2 is 2.25 bits per heavy atom. The molecule has 2 N–H and O–H groups in total. The lowest BCUT2D eigenvalue weighted by atomic mass is 10.2. The number of alkyl halides is 2. The van der Waals surface area contributed by atoms with Crippen LogP contribution in [0.15, 0.2) is 23.1 Å². The number of carbonyl (C=O) groups is 1. The van der Waals surface area contributed by atoms with Crippen LogP contribution in [0.1, 0.15) is 12.0 Å². The second kappa shape index (κ2) is 5.69. The fourth-order valence-electron chi connectivity index (χ4n) is 1.06. The van der Waals surface area contributed by atoms with E-state index in [1.165, 1.54) is 25.3 Å². The molecule has 0 saturated carbocycles. The minimum Gasteiger partial charge on any atom is -0.468 e. The van der Waals surface area contributed by atoms with Gasteiger partial charge < -0.3 is 10.5 Å². The summed E-state index contributed by atoms with van der Waals surface area (Å²) in [5.41, 5.74) is 5.53. The molecule has 1 aromatic carbocycles. The standard InChI is InChI=1S/C10H11F2NO2S/c1-15-9(14)5-16-8-3-2-6(13)4-7(8)10(11)12/h2-4,10H,5,13H2,1H3. The topological polar surface area (TPSA) is 52.3 Å². The summed E-state index contributed by atoms with van der Waals surface area (Å²) < 4.78 is 29.7. The van der Waals surface area contributed by atoms with Crippen LogP contribution in [-0.4, -0.2) is 18.8 Å². The molecule has 0 aliphatic carbocycles. The highest BCUT2D eigenvalue weighted by molar-refractivity contribution is 8.00. The molecule has 0 radical (unpaired) electrons. The van der Waals surface area contributed by atoms with E-state index in [2.05, 4.69) is 4.74 Å². The number of halogens is 2. The van der Waals surface area contributed by atoms with Gasteiger partial charge in [-0.1, -0.05) is 0 Å². The Balaban J connectivity index is 2.82. The zero-order chi connectivity index (χ0) is 12.1. The van der Waals surface area contributed by atoms with E-state index in [9.17, 15) is 13.6 Å². The van der Waals surface area contributed by atoms with Crippen LogP contribution in [0.25, 0.3) is 0 Å². The lowest BCUT2D eigenvalue weighted by Gasteiger charge is -2.08. The number of benzene rings is 1. The highest BCUT2D eigenvalue weighted by Crippen LogP contribution is 2.32. The zero-order valence-corrected chi connectivity index (χ0v) is 9.39. The number of carbonyl (C=O) groups excluding carboxylic acids is 1. The number of methoxy groups -OCH3 is 1. The van der Waals surface area contributed by atoms with Crippen molar-refractivity contribution in [3.63, 3.8) is 0 Å². The first-order valence-electron chi connectivity index (χ1n) is 4.41. The summed E-state index contributed by atoms with van der Waals surface area (Å²) in [6.07, 6.45) is -2.61. The van der Waals surface area contributed by atoms with Gasteiger partial charge in [-0.05, 0) is 18.2 Å². The fourth-order valence-corrected chi connectivity index (χ4v) is 1.93.